The van der Waals surface area contributed by atoms with E-state index in [-0.39, 0.29) is 17.1 Å². The molecule has 0 heterocycles. The maximum atomic E-state index is 12.5. The number of benzene rings is 2. The van der Waals surface area contributed by atoms with Gasteiger partial charge in [-0.05, 0) is 62.8 Å². The van der Waals surface area contributed by atoms with Gasteiger partial charge in [0.2, 0.25) is 0 Å². The molecule has 0 fully saturated rings. The molecule has 0 saturated carbocycles. The normalized spacial score (nSPS) is 10.5. The Hall–Kier alpha value is -3.43. The fourth-order valence-corrected chi connectivity index (χ4v) is 3.30. The number of unbranched alkanes of at least 4 members (excludes halogenated alkanes) is 3. The molecule has 0 amide bonds. The molecule has 0 bridgehead atoms. The van der Waals surface area contributed by atoms with Crippen LogP contribution in [0.15, 0.2) is 71.7 Å². The van der Waals surface area contributed by atoms with Crippen LogP contribution in [0.2, 0.25) is 0 Å². The van der Waals surface area contributed by atoms with E-state index < -0.39 is 11.9 Å². The Balaban J connectivity index is 0.000000697. The fraction of sp³-hybridized carbons (Fsp3) is 0.296. The van der Waals surface area contributed by atoms with Gasteiger partial charge in [0, 0.05) is 34.8 Å². The first-order valence-corrected chi connectivity index (χ1v) is 12.1. The maximum absolute atomic E-state index is 12.5. The monoisotopic (exact) mass is 561 g/mol. The Labute approximate surface area is 219 Å². The van der Waals surface area contributed by atoms with Crippen molar-refractivity contribution in [3.05, 3.63) is 82.9 Å². The second-order valence-corrected chi connectivity index (χ2v) is 8.75. The number of aromatic hydroxyl groups is 1. The van der Waals surface area contributed by atoms with Crippen LogP contribution < -0.4 is 4.74 Å². The zero-order chi connectivity index (χ0) is 26.9. The molecule has 2 aromatic carbocycles. The number of phenolic OH excluding ortho intramolecular Hbond substituents is 1. The van der Waals surface area contributed by atoms with Gasteiger partial charge in [0.15, 0.2) is 5.78 Å². The Morgan fingerprint density at radius 3 is 2.14 bits per heavy atom. The number of hydrogen-bond donors (Lipinski definition) is 3. The first-order valence-electron chi connectivity index (χ1n) is 11.3. The summed E-state index contributed by atoms with van der Waals surface area (Å²) in [4.78, 5) is 33.9. The van der Waals surface area contributed by atoms with Gasteiger partial charge < -0.3 is 25.0 Å². The van der Waals surface area contributed by atoms with Gasteiger partial charge in [-0.15, -0.1) is 6.58 Å². The molecule has 0 aromatic heterocycles. The highest BCUT2D eigenvalue weighted by atomic mass is 79.9. The second kappa shape index (κ2) is 17.1. The molecule has 0 spiro atoms. The number of hydrogen-bond acceptors (Lipinski definition) is 6. The third kappa shape index (κ3) is 12.9. The number of rotatable bonds is 14. The summed E-state index contributed by atoms with van der Waals surface area (Å²) in [5.41, 5.74) is 0.809. The SMILES string of the molecule is C=CCN(C)CCCCCCOc1ccc(C(=O)c2ccc(Br)cc2)c(O)c1.O=C(O)C=CC(=O)O. The smallest absolute Gasteiger partial charge is 0.328 e. The average Bonchev–Trinajstić information content (AvgIpc) is 2.83. The molecule has 0 aliphatic heterocycles. The summed E-state index contributed by atoms with van der Waals surface area (Å²) in [6, 6.07) is 11.9. The Kier molecular flexibility index (Phi) is 14.5. The van der Waals surface area contributed by atoms with Crippen LogP contribution in [0, 0.1) is 0 Å². The molecule has 9 heteroatoms. The molecule has 0 atom stereocenters. The highest BCUT2D eigenvalue weighted by Crippen LogP contribution is 2.26. The molecule has 0 unspecified atom stereocenters. The summed E-state index contributed by atoms with van der Waals surface area (Å²) < 4.78 is 6.61. The summed E-state index contributed by atoms with van der Waals surface area (Å²) in [6.45, 7) is 6.34. The summed E-state index contributed by atoms with van der Waals surface area (Å²) in [5, 5.41) is 25.8. The molecule has 0 radical (unpaired) electrons. The number of carbonyl (C=O) groups excluding carboxylic acids is 1. The number of likely N-dealkylation sites (N-methyl/N-ethyl adjacent to an activating group) is 1. The van der Waals surface area contributed by atoms with Crippen LogP contribution in [-0.2, 0) is 9.59 Å². The predicted molar refractivity (Wildman–Crippen MR) is 142 cm³/mol. The van der Waals surface area contributed by atoms with Gasteiger partial charge >= 0.3 is 11.9 Å². The molecule has 3 N–H and O–H groups in total. The third-order valence-electron chi connectivity index (χ3n) is 4.83. The fourth-order valence-electron chi connectivity index (χ4n) is 3.03. The van der Waals surface area contributed by atoms with Crippen LogP contribution in [0.3, 0.4) is 0 Å². The van der Waals surface area contributed by atoms with E-state index in [1.807, 2.05) is 6.08 Å². The van der Waals surface area contributed by atoms with Crippen LogP contribution in [-0.4, -0.2) is 64.7 Å². The second-order valence-electron chi connectivity index (χ2n) is 7.84. The minimum absolute atomic E-state index is 0.0596. The van der Waals surface area contributed by atoms with E-state index in [1.165, 1.54) is 6.07 Å². The zero-order valence-corrected chi connectivity index (χ0v) is 21.8. The summed E-state index contributed by atoms with van der Waals surface area (Å²) in [6.07, 6.45) is 7.43. The lowest BCUT2D eigenvalue weighted by Crippen LogP contribution is -2.19. The molecule has 0 saturated heterocycles. The van der Waals surface area contributed by atoms with Crippen molar-refractivity contribution in [1.29, 1.82) is 0 Å². The van der Waals surface area contributed by atoms with Crippen LogP contribution in [0.25, 0.3) is 0 Å². The van der Waals surface area contributed by atoms with Crippen molar-refractivity contribution in [3.8, 4) is 11.5 Å². The number of phenols is 1. The average molecular weight is 562 g/mol. The van der Waals surface area contributed by atoms with E-state index in [9.17, 15) is 19.5 Å². The largest absolute Gasteiger partial charge is 0.507 e. The molecular formula is C27H32BrNO7. The molecule has 36 heavy (non-hydrogen) atoms. The lowest BCUT2D eigenvalue weighted by Gasteiger charge is -2.13. The van der Waals surface area contributed by atoms with Gasteiger partial charge in [0.1, 0.15) is 11.5 Å². The van der Waals surface area contributed by atoms with Crippen molar-refractivity contribution in [2.45, 2.75) is 25.7 Å². The molecule has 2 aromatic rings. The summed E-state index contributed by atoms with van der Waals surface area (Å²) >= 11 is 3.35. The molecule has 0 aliphatic carbocycles. The minimum atomic E-state index is -1.26. The van der Waals surface area contributed by atoms with Gasteiger partial charge in [-0.1, -0.05) is 34.8 Å². The van der Waals surface area contributed by atoms with Gasteiger partial charge in [0.05, 0.1) is 12.2 Å². The van der Waals surface area contributed by atoms with Crippen molar-refractivity contribution in [1.82, 2.24) is 4.90 Å². The van der Waals surface area contributed by atoms with Crippen LogP contribution in [0.5, 0.6) is 11.5 Å². The zero-order valence-electron chi connectivity index (χ0n) is 20.2. The van der Waals surface area contributed by atoms with Crippen molar-refractivity contribution in [3.63, 3.8) is 0 Å². The molecule has 8 nitrogen and oxygen atoms in total. The number of aliphatic carboxylic acids is 2. The van der Waals surface area contributed by atoms with Gasteiger partial charge in [-0.2, -0.15) is 0 Å². The lowest BCUT2D eigenvalue weighted by molar-refractivity contribution is -0.134. The third-order valence-corrected chi connectivity index (χ3v) is 5.36. The van der Waals surface area contributed by atoms with Crippen molar-refractivity contribution >= 4 is 33.7 Å². The lowest BCUT2D eigenvalue weighted by atomic mass is 10.0. The van der Waals surface area contributed by atoms with Crippen LogP contribution in [0.1, 0.15) is 41.6 Å². The molecule has 2 rings (SSSR count). The van der Waals surface area contributed by atoms with Crippen molar-refractivity contribution < 1.29 is 34.4 Å². The van der Waals surface area contributed by atoms with Crippen molar-refractivity contribution in [2.75, 3.05) is 26.7 Å². The molecular weight excluding hydrogens is 530 g/mol. The number of halogens is 1. The first-order chi connectivity index (χ1) is 17.1. The first kappa shape index (κ1) is 30.6. The Bertz CT molecular complexity index is 1020. The summed E-state index contributed by atoms with van der Waals surface area (Å²) in [5.74, 6) is -2.20. The van der Waals surface area contributed by atoms with Gasteiger partial charge in [0.25, 0.3) is 0 Å². The van der Waals surface area contributed by atoms with E-state index in [1.54, 1.807) is 36.4 Å². The highest BCUT2D eigenvalue weighted by Gasteiger charge is 2.14. The quantitative estimate of drug-likeness (QED) is 0.125. The number of carboxylic acid groups (broad SMARTS) is 2. The number of ketones is 1. The molecule has 0 aliphatic rings. The Morgan fingerprint density at radius 2 is 1.58 bits per heavy atom. The minimum Gasteiger partial charge on any atom is -0.507 e. The highest BCUT2D eigenvalue weighted by molar-refractivity contribution is 9.10. The topological polar surface area (TPSA) is 124 Å². The van der Waals surface area contributed by atoms with Crippen molar-refractivity contribution in [2.24, 2.45) is 0 Å². The maximum Gasteiger partial charge on any atom is 0.328 e. The van der Waals surface area contributed by atoms with Gasteiger partial charge in [-0.25, -0.2) is 9.59 Å². The van der Waals surface area contributed by atoms with E-state index in [0.29, 0.717) is 30.1 Å². The van der Waals surface area contributed by atoms with E-state index in [2.05, 4.69) is 34.5 Å². The number of carbonyl (C=O) groups is 3. The van der Waals surface area contributed by atoms with Crippen LogP contribution >= 0.6 is 15.9 Å². The number of nitrogens with zero attached hydrogens (tertiary/aromatic N) is 1. The summed E-state index contributed by atoms with van der Waals surface area (Å²) in [7, 11) is 2.10. The van der Waals surface area contributed by atoms with E-state index in [0.717, 1.165) is 43.2 Å². The van der Waals surface area contributed by atoms with E-state index >= 15 is 0 Å². The van der Waals surface area contributed by atoms with E-state index in [4.69, 9.17) is 14.9 Å². The standard InChI is InChI=1S/C23H28BrNO3.C4H4O4/c1-3-14-25(2)15-6-4-5-7-16-28-20-12-13-21(22(26)17-20)23(27)18-8-10-19(24)11-9-18;5-3(6)1-2-4(7)8/h3,8-13,17,26H,1,4-7,14-16H2,2H3;1-2H,(H,5,6)(H,7,8). The van der Waals surface area contributed by atoms with Gasteiger partial charge in [-0.3, -0.25) is 4.79 Å². The number of ether oxygens (including phenoxy) is 1. The number of carboxylic acids is 2. The van der Waals surface area contributed by atoms with Crippen LogP contribution in [0.4, 0.5) is 0 Å². The predicted octanol–water partition coefficient (Wildman–Crippen LogP) is 5.15. The Morgan fingerprint density at radius 1 is 0.972 bits per heavy atom. The molecule has 194 valence electrons.